The van der Waals surface area contributed by atoms with Crippen LogP contribution in [0.2, 0.25) is 0 Å². The molecule has 1 saturated heterocycles. The van der Waals surface area contributed by atoms with Gasteiger partial charge >= 0.3 is 5.97 Å². The lowest BCUT2D eigenvalue weighted by Gasteiger charge is -2.19. The molecule has 1 amide bonds. The lowest BCUT2D eigenvalue weighted by atomic mass is 10.2. The summed E-state index contributed by atoms with van der Waals surface area (Å²) in [5.74, 6) is -1.62. The largest absolute Gasteiger partial charge is 0.480 e. The number of β-amino-alcohol motifs (C(OH)–C–C–N with tert-alkyl or cyclic N) is 1. The van der Waals surface area contributed by atoms with Crippen molar-refractivity contribution in [1.82, 2.24) is 13.6 Å². The van der Waals surface area contributed by atoms with Gasteiger partial charge in [0.05, 0.1) is 24.0 Å². The van der Waals surface area contributed by atoms with Gasteiger partial charge in [-0.25, -0.2) is 4.79 Å². The molecule has 86 valence electrons. The first kappa shape index (κ1) is 11.0. The SMILES string of the molecule is O=C(O)[C@@H]1CC(O)CN1C(=O)c1cnsn1. The van der Waals surface area contributed by atoms with Crippen molar-refractivity contribution in [3.8, 4) is 0 Å². The van der Waals surface area contributed by atoms with Gasteiger partial charge in [0.25, 0.3) is 5.91 Å². The molecule has 0 saturated carbocycles. The van der Waals surface area contributed by atoms with E-state index in [2.05, 4.69) is 8.75 Å². The molecule has 2 rings (SSSR count). The summed E-state index contributed by atoms with van der Waals surface area (Å²) in [7, 11) is 0. The Labute approximate surface area is 94.6 Å². The average Bonchev–Trinajstić information content (AvgIpc) is 2.84. The van der Waals surface area contributed by atoms with Crippen LogP contribution in [0, 0.1) is 0 Å². The van der Waals surface area contributed by atoms with E-state index in [1.807, 2.05) is 0 Å². The Bertz CT molecular complexity index is 407. The molecule has 1 aromatic heterocycles. The molecule has 1 fully saturated rings. The van der Waals surface area contributed by atoms with E-state index in [1.54, 1.807) is 0 Å². The number of rotatable bonds is 2. The standard InChI is InChI=1S/C8H9N3O4S/c12-4-1-6(8(14)15)11(3-4)7(13)5-2-9-16-10-5/h2,4,6,12H,1,3H2,(H,14,15)/t4?,6-/m0/s1. The number of carboxylic acids is 1. The molecule has 2 heterocycles. The van der Waals surface area contributed by atoms with Gasteiger partial charge in [0.1, 0.15) is 6.04 Å². The van der Waals surface area contributed by atoms with E-state index in [0.717, 1.165) is 16.6 Å². The number of aliphatic hydroxyl groups is 1. The number of nitrogens with zero attached hydrogens (tertiary/aromatic N) is 3. The minimum absolute atomic E-state index is 0.0212. The van der Waals surface area contributed by atoms with E-state index in [4.69, 9.17) is 5.11 Å². The van der Waals surface area contributed by atoms with Gasteiger partial charge in [-0.05, 0) is 0 Å². The highest BCUT2D eigenvalue weighted by atomic mass is 32.1. The third kappa shape index (κ3) is 1.89. The first-order valence-electron chi connectivity index (χ1n) is 4.59. The fraction of sp³-hybridized carbons (Fsp3) is 0.500. The van der Waals surface area contributed by atoms with E-state index in [1.165, 1.54) is 6.20 Å². The van der Waals surface area contributed by atoms with Crippen LogP contribution in [0.5, 0.6) is 0 Å². The van der Waals surface area contributed by atoms with Gasteiger partial charge in [0.15, 0.2) is 5.69 Å². The fourth-order valence-electron chi connectivity index (χ4n) is 1.68. The molecule has 0 spiro atoms. The number of hydrogen-bond donors (Lipinski definition) is 2. The molecule has 7 nitrogen and oxygen atoms in total. The quantitative estimate of drug-likeness (QED) is 0.704. The normalized spacial score (nSPS) is 24.7. The van der Waals surface area contributed by atoms with Crippen molar-refractivity contribution in [1.29, 1.82) is 0 Å². The van der Waals surface area contributed by atoms with Crippen molar-refractivity contribution in [2.75, 3.05) is 6.54 Å². The second kappa shape index (κ2) is 4.14. The zero-order valence-corrected chi connectivity index (χ0v) is 8.92. The molecular formula is C8H9N3O4S. The van der Waals surface area contributed by atoms with Crippen molar-refractivity contribution < 1.29 is 19.8 Å². The van der Waals surface area contributed by atoms with Crippen LogP contribution >= 0.6 is 11.7 Å². The Kier molecular flexibility index (Phi) is 2.84. The number of carbonyl (C=O) groups is 2. The van der Waals surface area contributed by atoms with Gasteiger partial charge in [-0.15, -0.1) is 0 Å². The predicted octanol–water partition coefficient (Wildman–Crippen LogP) is -0.802. The maximum absolute atomic E-state index is 11.8. The van der Waals surface area contributed by atoms with Crippen molar-refractivity contribution in [2.24, 2.45) is 0 Å². The highest BCUT2D eigenvalue weighted by molar-refractivity contribution is 6.99. The third-order valence-corrected chi connectivity index (χ3v) is 2.88. The average molecular weight is 243 g/mol. The number of aromatic nitrogens is 2. The van der Waals surface area contributed by atoms with Crippen LogP contribution < -0.4 is 0 Å². The number of amides is 1. The molecule has 1 aliphatic rings. The number of carbonyl (C=O) groups excluding carboxylic acids is 1. The minimum Gasteiger partial charge on any atom is -0.480 e. The molecule has 2 atom stereocenters. The van der Waals surface area contributed by atoms with Crippen LogP contribution in [-0.2, 0) is 4.79 Å². The molecule has 1 unspecified atom stereocenters. The summed E-state index contributed by atoms with van der Waals surface area (Å²) in [6.07, 6.45) is 0.548. The Morgan fingerprint density at radius 1 is 1.56 bits per heavy atom. The van der Waals surface area contributed by atoms with Gasteiger partial charge in [-0.3, -0.25) is 4.79 Å². The maximum atomic E-state index is 11.8. The lowest BCUT2D eigenvalue weighted by Crippen LogP contribution is -2.40. The Morgan fingerprint density at radius 2 is 2.31 bits per heavy atom. The van der Waals surface area contributed by atoms with Crippen molar-refractivity contribution in [3.05, 3.63) is 11.9 Å². The van der Waals surface area contributed by atoms with E-state index < -0.39 is 24.0 Å². The monoisotopic (exact) mass is 243 g/mol. The number of carboxylic acid groups (broad SMARTS) is 1. The second-order valence-corrected chi connectivity index (χ2v) is 4.05. The Balaban J connectivity index is 2.20. The summed E-state index contributed by atoms with van der Waals surface area (Å²) >= 11 is 0.880. The van der Waals surface area contributed by atoms with Crippen molar-refractivity contribution in [2.45, 2.75) is 18.6 Å². The Hall–Kier alpha value is -1.54. The lowest BCUT2D eigenvalue weighted by molar-refractivity contribution is -0.141. The summed E-state index contributed by atoms with van der Waals surface area (Å²) in [4.78, 5) is 23.8. The molecule has 16 heavy (non-hydrogen) atoms. The van der Waals surface area contributed by atoms with Gasteiger partial charge in [0, 0.05) is 13.0 Å². The molecule has 0 aromatic carbocycles. The van der Waals surface area contributed by atoms with Crippen molar-refractivity contribution >= 4 is 23.6 Å². The summed E-state index contributed by atoms with van der Waals surface area (Å²) in [6, 6.07) is -0.982. The van der Waals surface area contributed by atoms with Crippen LogP contribution in [0.25, 0.3) is 0 Å². The smallest absolute Gasteiger partial charge is 0.326 e. The van der Waals surface area contributed by atoms with E-state index in [0.29, 0.717) is 0 Å². The van der Waals surface area contributed by atoms with Gasteiger partial charge < -0.3 is 15.1 Å². The van der Waals surface area contributed by atoms with Gasteiger partial charge in [-0.1, -0.05) is 0 Å². The molecule has 2 N–H and O–H groups in total. The minimum atomic E-state index is -1.12. The molecule has 1 aromatic rings. The summed E-state index contributed by atoms with van der Waals surface area (Å²) in [5, 5.41) is 18.3. The number of aliphatic hydroxyl groups excluding tert-OH is 1. The van der Waals surface area contributed by atoms with Crippen LogP contribution in [0.1, 0.15) is 16.9 Å². The number of likely N-dealkylation sites (tertiary alicyclic amines) is 1. The molecule has 1 aliphatic heterocycles. The summed E-state index contributed by atoms with van der Waals surface area (Å²) in [6.45, 7) is 0.0212. The van der Waals surface area contributed by atoms with Crippen LogP contribution in [0.4, 0.5) is 0 Å². The maximum Gasteiger partial charge on any atom is 0.326 e. The zero-order chi connectivity index (χ0) is 11.7. The molecule has 0 aliphatic carbocycles. The van der Waals surface area contributed by atoms with Crippen molar-refractivity contribution in [3.63, 3.8) is 0 Å². The Morgan fingerprint density at radius 3 is 2.88 bits per heavy atom. The number of aliphatic carboxylic acids is 1. The topological polar surface area (TPSA) is 104 Å². The molecule has 0 radical (unpaired) electrons. The van der Waals surface area contributed by atoms with E-state index in [9.17, 15) is 14.7 Å². The first-order chi connectivity index (χ1) is 7.59. The van der Waals surface area contributed by atoms with Crippen LogP contribution in [0.3, 0.4) is 0 Å². The van der Waals surface area contributed by atoms with E-state index in [-0.39, 0.29) is 18.7 Å². The molecule has 0 bridgehead atoms. The molecular weight excluding hydrogens is 234 g/mol. The fourth-order valence-corrected chi connectivity index (χ4v) is 2.09. The highest BCUT2D eigenvalue weighted by Crippen LogP contribution is 2.20. The van der Waals surface area contributed by atoms with Crippen LogP contribution in [-0.4, -0.2) is 54.4 Å². The van der Waals surface area contributed by atoms with Crippen LogP contribution in [0.15, 0.2) is 6.20 Å². The zero-order valence-electron chi connectivity index (χ0n) is 8.11. The van der Waals surface area contributed by atoms with Gasteiger partial charge in [-0.2, -0.15) is 8.75 Å². The predicted molar refractivity (Wildman–Crippen MR) is 53.0 cm³/mol. The highest BCUT2D eigenvalue weighted by Gasteiger charge is 2.39. The summed E-state index contributed by atoms with van der Waals surface area (Å²) < 4.78 is 7.42. The third-order valence-electron chi connectivity index (χ3n) is 2.41. The molecule has 8 heteroatoms. The van der Waals surface area contributed by atoms with E-state index >= 15 is 0 Å². The number of hydrogen-bond acceptors (Lipinski definition) is 6. The van der Waals surface area contributed by atoms with Gasteiger partial charge in [0.2, 0.25) is 0 Å². The summed E-state index contributed by atoms with van der Waals surface area (Å²) in [5.41, 5.74) is 0.116. The first-order valence-corrected chi connectivity index (χ1v) is 5.32. The second-order valence-electron chi connectivity index (χ2n) is 3.49.